The average molecular weight is 536 g/mol. The molecular formula is C27H30FN7O4. The summed E-state index contributed by atoms with van der Waals surface area (Å²) in [6, 6.07) is 6.21. The molecule has 2 aromatic carbocycles. The van der Waals surface area contributed by atoms with E-state index < -0.39 is 23.8 Å². The molecule has 2 bridgehead atoms. The van der Waals surface area contributed by atoms with E-state index in [0.29, 0.717) is 23.9 Å². The van der Waals surface area contributed by atoms with Gasteiger partial charge in [-0.25, -0.2) is 4.39 Å². The van der Waals surface area contributed by atoms with Gasteiger partial charge in [0.2, 0.25) is 0 Å². The van der Waals surface area contributed by atoms with E-state index in [9.17, 15) is 14.0 Å². The second kappa shape index (κ2) is 9.84. The van der Waals surface area contributed by atoms with Gasteiger partial charge >= 0.3 is 11.9 Å². The van der Waals surface area contributed by atoms with Crippen LogP contribution in [0.5, 0.6) is 0 Å². The van der Waals surface area contributed by atoms with Crippen LogP contribution < -0.4 is 16.8 Å². The van der Waals surface area contributed by atoms with Crippen molar-refractivity contribution in [2.45, 2.75) is 50.2 Å². The third-order valence-corrected chi connectivity index (χ3v) is 8.27. The zero-order chi connectivity index (χ0) is 27.3. The lowest BCUT2D eigenvalue weighted by molar-refractivity contribution is -0.149. The molecule has 2 saturated carbocycles. The zero-order valence-corrected chi connectivity index (χ0v) is 21.1. The topological polar surface area (TPSA) is 174 Å². The Hall–Kier alpha value is -4.19. The number of H-pyrrole nitrogens is 1. The number of anilines is 2. The van der Waals surface area contributed by atoms with E-state index in [2.05, 4.69) is 20.6 Å². The number of fused-ring (bicyclic) bond motifs is 4. The van der Waals surface area contributed by atoms with Crippen LogP contribution in [0.25, 0.3) is 21.8 Å². The standard InChI is InChI=1S/C27H30FN7O4/c28-18-9-20-17(12-31-34-20)24(25(18)30)23-13-1-2-14(7-13)26(23)33-16-3-4-21-15(8-16)11-32-35(21)5-6-39-22(36)10-19(29)27(37)38/h3-4,8-9,11-14,19,23,26,33H,1-2,5-7,10,29-30H2,(H,31,34)(H,37,38)/t13?,14?,19?,23-,26-/m1/s1. The van der Waals surface area contributed by atoms with E-state index in [1.54, 1.807) is 17.1 Å². The number of aromatic amines is 1. The van der Waals surface area contributed by atoms with Crippen LogP contribution in [0.2, 0.25) is 0 Å². The van der Waals surface area contributed by atoms with Crippen molar-refractivity contribution in [1.29, 1.82) is 0 Å². The predicted octanol–water partition coefficient (Wildman–Crippen LogP) is 2.97. The molecular weight excluding hydrogens is 505 g/mol. The molecule has 204 valence electrons. The highest BCUT2D eigenvalue weighted by molar-refractivity contribution is 5.88. The second-order valence-electron chi connectivity index (χ2n) is 10.6. The summed E-state index contributed by atoms with van der Waals surface area (Å²) in [6.45, 7) is 0.366. The highest BCUT2D eigenvalue weighted by Crippen LogP contribution is 2.56. The van der Waals surface area contributed by atoms with Gasteiger partial charge < -0.3 is 26.6 Å². The number of rotatable bonds is 9. The first-order valence-corrected chi connectivity index (χ1v) is 13.1. The summed E-state index contributed by atoms with van der Waals surface area (Å²) in [4.78, 5) is 22.6. The maximum atomic E-state index is 14.8. The molecule has 3 unspecified atom stereocenters. The fourth-order valence-corrected chi connectivity index (χ4v) is 6.49. The highest BCUT2D eigenvalue weighted by Gasteiger charge is 2.49. The van der Waals surface area contributed by atoms with Gasteiger partial charge in [0.15, 0.2) is 0 Å². The van der Waals surface area contributed by atoms with E-state index in [1.807, 2.05) is 18.2 Å². The summed E-state index contributed by atoms with van der Waals surface area (Å²) < 4.78 is 21.6. The van der Waals surface area contributed by atoms with Crippen molar-refractivity contribution in [1.82, 2.24) is 20.0 Å². The van der Waals surface area contributed by atoms with Crippen molar-refractivity contribution in [2.24, 2.45) is 17.6 Å². The minimum absolute atomic E-state index is 0.0479. The van der Waals surface area contributed by atoms with E-state index in [4.69, 9.17) is 21.3 Å². The number of ether oxygens (including phenoxy) is 1. The summed E-state index contributed by atoms with van der Waals surface area (Å²) in [7, 11) is 0. The van der Waals surface area contributed by atoms with Crippen LogP contribution in [0.15, 0.2) is 36.7 Å². The molecule has 12 heteroatoms. The van der Waals surface area contributed by atoms with E-state index in [0.717, 1.165) is 46.8 Å². The third-order valence-electron chi connectivity index (χ3n) is 8.27. The largest absolute Gasteiger partial charge is 0.480 e. The molecule has 5 atom stereocenters. The number of nitrogens with two attached hydrogens (primary N) is 2. The summed E-state index contributed by atoms with van der Waals surface area (Å²) >= 11 is 0. The molecule has 2 fully saturated rings. The number of nitrogens with one attached hydrogen (secondary N) is 2. The van der Waals surface area contributed by atoms with E-state index in [-0.39, 0.29) is 30.7 Å². The van der Waals surface area contributed by atoms with Gasteiger partial charge in [0, 0.05) is 34.5 Å². The highest BCUT2D eigenvalue weighted by atomic mass is 19.1. The number of hydrogen-bond acceptors (Lipinski definition) is 8. The Labute approximate surface area is 222 Å². The van der Waals surface area contributed by atoms with Gasteiger partial charge in [-0.1, -0.05) is 0 Å². The van der Waals surface area contributed by atoms with Crippen LogP contribution >= 0.6 is 0 Å². The summed E-state index contributed by atoms with van der Waals surface area (Å²) in [5.74, 6) is -1.38. The number of aliphatic carboxylic acids is 1. The molecule has 0 aliphatic heterocycles. The van der Waals surface area contributed by atoms with Crippen LogP contribution in [0.4, 0.5) is 15.8 Å². The molecule has 6 rings (SSSR count). The third kappa shape index (κ3) is 4.54. The molecule has 2 heterocycles. The molecule has 11 nitrogen and oxygen atoms in total. The maximum Gasteiger partial charge on any atom is 0.321 e. The first-order chi connectivity index (χ1) is 18.8. The molecule has 0 spiro atoms. The Morgan fingerprint density at radius 2 is 2.08 bits per heavy atom. The van der Waals surface area contributed by atoms with E-state index >= 15 is 0 Å². The molecule has 0 radical (unpaired) electrons. The molecule has 4 aromatic rings. The first kappa shape index (κ1) is 25.1. The number of benzene rings is 2. The van der Waals surface area contributed by atoms with Gasteiger partial charge in [-0.05, 0) is 54.9 Å². The Morgan fingerprint density at radius 3 is 2.90 bits per heavy atom. The van der Waals surface area contributed by atoms with Gasteiger partial charge in [-0.2, -0.15) is 10.2 Å². The summed E-state index contributed by atoms with van der Waals surface area (Å²) in [6.07, 6.45) is 6.40. The molecule has 2 aliphatic rings. The average Bonchev–Trinajstić information content (AvgIpc) is 3.70. The summed E-state index contributed by atoms with van der Waals surface area (Å²) in [5, 5.41) is 25.8. The summed E-state index contributed by atoms with van der Waals surface area (Å²) in [5.41, 5.74) is 15.2. The normalized spacial score (nSPS) is 22.9. The molecule has 0 amide bonds. The Balaban J connectivity index is 1.18. The SMILES string of the molecule is Nc1c(F)cc2[nH]ncc2c1[C@H]1C2CCC(C2)[C@H]1Nc1ccc2c(cnn2CCOC(=O)CC(N)C(=O)O)c1. The van der Waals surface area contributed by atoms with Gasteiger partial charge in [0.05, 0.1) is 42.1 Å². The number of nitrogens with zero attached hydrogens (tertiary/aromatic N) is 3. The Kier molecular flexibility index (Phi) is 6.34. The minimum atomic E-state index is -1.29. The smallest absolute Gasteiger partial charge is 0.321 e. The number of hydrogen-bond donors (Lipinski definition) is 5. The molecule has 39 heavy (non-hydrogen) atoms. The first-order valence-electron chi connectivity index (χ1n) is 13.1. The lowest BCUT2D eigenvalue weighted by atomic mass is 9.78. The number of halogens is 1. The van der Waals surface area contributed by atoms with Gasteiger partial charge in [0.1, 0.15) is 18.5 Å². The number of carbonyl (C=O) groups is 2. The minimum Gasteiger partial charge on any atom is -0.480 e. The Morgan fingerprint density at radius 1 is 1.26 bits per heavy atom. The predicted molar refractivity (Wildman–Crippen MR) is 142 cm³/mol. The van der Waals surface area contributed by atoms with Crippen LogP contribution in [0.3, 0.4) is 0 Å². The van der Waals surface area contributed by atoms with E-state index in [1.165, 1.54) is 6.07 Å². The molecule has 2 aliphatic carbocycles. The quantitative estimate of drug-likeness (QED) is 0.159. The number of carboxylic acids is 1. The number of nitrogen functional groups attached to an aromatic ring is 1. The number of carbonyl (C=O) groups excluding carboxylic acids is 1. The van der Waals surface area contributed by atoms with Gasteiger partial charge in [-0.15, -0.1) is 0 Å². The maximum absolute atomic E-state index is 14.8. The van der Waals surface area contributed by atoms with Gasteiger partial charge in [0.25, 0.3) is 0 Å². The zero-order valence-electron chi connectivity index (χ0n) is 21.1. The molecule has 0 saturated heterocycles. The lowest BCUT2D eigenvalue weighted by Gasteiger charge is -2.34. The van der Waals surface area contributed by atoms with Crippen molar-refractivity contribution in [3.63, 3.8) is 0 Å². The lowest BCUT2D eigenvalue weighted by Crippen LogP contribution is -2.34. The van der Waals surface area contributed by atoms with Crippen LogP contribution in [-0.2, 0) is 20.9 Å². The van der Waals surface area contributed by atoms with Crippen molar-refractivity contribution >= 4 is 45.1 Å². The molecule has 7 N–H and O–H groups in total. The Bertz CT molecular complexity index is 1570. The van der Waals surface area contributed by atoms with Crippen LogP contribution in [-0.4, -0.2) is 55.7 Å². The monoisotopic (exact) mass is 535 g/mol. The number of aromatic nitrogens is 4. The number of carboxylic acid groups (broad SMARTS) is 1. The second-order valence-corrected chi connectivity index (χ2v) is 10.6. The van der Waals surface area contributed by atoms with Crippen molar-refractivity contribution < 1.29 is 23.8 Å². The fraction of sp³-hybridized carbons (Fsp3) is 0.407. The van der Waals surface area contributed by atoms with Crippen molar-refractivity contribution in [3.05, 3.63) is 48.0 Å². The number of esters is 1. The van der Waals surface area contributed by atoms with Crippen LogP contribution in [0.1, 0.15) is 37.2 Å². The van der Waals surface area contributed by atoms with Gasteiger partial charge in [-0.3, -0.25) is 19.4 Å². The van der Waals surface area contributed by atoms with Crippen molar-refractivity contribution in [3.8, 4) is 0 Å². The fourth-order valence-electron chi connectivity index (χ4n) is 6.49. The molecule has 2 aromatic heterocycles. The van der Waals surface area contributed by atoms with Crippen LogP contribution in [0, 0.1) is 17.7 Å². The van der Waals surface area contributed by atoms with Crippen molar-refractivity contribution in [2.75, 3.05) is 17.7 Å².